The van der Waals surface area contributed by atoms with Gasteiger partial charge >= 0.3 is 0 Å². The van der Waals surface area contributed by atoms with E-state index in [1.54, 1.807) is 14.0 Å². The van der Waals surface area contributed by atoms with Gasteiger partial charge in [0.2, 0.25) is 10.0 Å². The number of sulfonamides is 1. The van der Waals surface area contributed by atoms with Crippen LogP contribution in [0.15, 0.2) is 35.3 Å². The highest BCUT2D eigenvalue weighted by atomic mass is 127. The van der Waals surface area contributed by atoms with Crippen LogP contribution in [0, 0.1) is 5.92 Å². The van der Waals surface area contributed by atoms with Crippen molar-refractivity contribution in [3.8, 4) is 0 Å². The number of nitrogens with zero attached hydrogens (tertiary/aromatic N) is 1. The van der Waals surface area contributed by atoms with E-state index in [2.05, 4.69) is 27.3 Å². The molecule has 26 heavy (non-hydrogen) atoms. The zero-order valence-electron chi connectivity index (χ0n) is 15.7. The number of guanidine groups is 1. The summed E-state index contributed by atoms with van der Waals surface area (Å²) in [5, 5.41) is 6.29. The van der Waals surface area contributed by atoms with Gasteiger partial charge in [0.15, 0.2) is 5.96 Å². The lowest BCUT2D eigenvalue weighted by molar-refractivity contribution is 0.0931. The van der Waals surface area contributed by atoms with Gasteiger partial charge in [-0.3, -0.25) is 4.99 Å². The van der Waals surface area contributed by atoms with Crippen LogP contribution in [0.25, 0.3) is 0 Å². The summed E-state index contributed by atoms with van der Waals surface area (Å²) in [7, 11) is -1.47. The molecule has 150 valence electrons. The summed E-state index contributed by atoms with van der Waals surface area (Å²) in [6.45, 7) is 6.47. The number of benzene rings is 1. The van der Waals surface area contributed by atoms with Crippen molar-refractivity contribution in [3.05, 3.63) is 35.9 Å². The van der Waals surface area contributed by atoms with Crippen molar-refractivity contribution < 1.29 is 13.2 Å². The highest BCUT2D eigenvalue weighted by molar-refractivity contribution is 14.0. The molecule has 0 aliphatic carbocycles. The third-order valence-electron chi connectivity index (χ3n) is 3.47. The van der Waals surface area contributed by atoms with Gasteiger partial charge in [0, 0.05) is 26.7 Å². The average molecular weight is 498 g/mol. The minimum Gasteiger partial charge on any atom is -0.376 e. The molecule has 0 saturated heterocycles. The Bertz CT molecular complexity index is 612. The van der Waals surface area contributed by atoms with Crippen molar-refractivity contribution in [2.45, 2.75) is 20.5 Å². The quantitative estimate of drug-likeness (QED) is 0.187. The van der Waals surface area contributed by atoms with Crippen LogP contribution in [-0.2, 0) is 21.4 Å². The van der Waals surface area contributed by atoms with Crippen molar-refractivity contribution in [3.63, 3.8) is 0 Å². The molecule has 1 aromatic carbocycles. The van der Waals surface area contributed by atoms with Gasteiger partial charge in [-0.1, -0.05) is 37.3 Å². The molecule has 9 heteroatoms. The minimum atomic E-state index is -3.15. The van der Waals surface area contributed by atoms with Crippen LogP contribution < -0.4 is 15.4 Å². The van der Waals surface area contributed by atoms with Gasteiger partial charge < -0.3 is 15.4 Å². The number of hydrogen-bond acceptors (Lipinski definition) is 4. The monoisotopic (exact) mass is 498 g/mol. The number of rotatable bonds is 11. The number of ether oxygens (including phenoxy) is 1. The molecule has 0 heterocycles. The van der Waals surface area contributed by atoms with Gasteiger partial charge in [-0.15, -0.1) is 24.0 Å². The Hall–Kier alpha value is -0.910. The zero-order chi connectivity index (χ0) is 18.5. The second-order valence-corrected chi connectivity index (χ2v) is 7.88. The molecule has 0 spiro atoms. The van der Waals surface area contributed by atoms with Crippen LogP contribution >= 0.6 is 24.0 Å². The van der Waals surface area contributed by atoms with E-state index in [1.807, 2.05) is 30.3 Å². The Kier molecular flexibility index (Phi) is 13.7. The molecule has 7 nitrogen and oxygen atoms in total. The first-order chi connectivity index (χ1) is 12.0. The van der Waals surface area contributed by atoms with Crippen LogP contribution in [0.1, 0.15) is 19.4 Å². The van der Waals surface area contributed by atoms with Gasteiger partial charge in [0.05, 0.1) is 19.0 Å². The average Bonchev–Trinajstić information content (AvgIpc) is 2.62. The summed E-state index contributed by atoms with van der Waals surface area (Å²) in [6.07, 6.45) is 0. The molecule has 0 aliphatic rings. The zero-order valence-corrected chi connectivity index (χ0v) is 18.8. The standard InChI is InChI=1S/C17H30N4O3S.HI/c1-4-25(22,23)21-11-10-19-17(18-3)20-12-15(2)13-24-14-16-8-6-5-7-9-16;/h5-9,15,21H,4,10-14H2,1-3H3,(H2,18,19,20);1H. The van der Waals surface area contributed by atoms with E-state index in [0.29, 0.717) is 38.2 Å². The van der Waals surface area contributed by atoms with Gasteiger partial charge in [-0.05, 0) is 18.4 Å². The molecule has 3 N–H and O–H groups in total. The van der Waals surface area contributed by atoms with Crippen LogP contribution in [0.2, 0.25) is 0 Å². The van der Waals surface area contributed by atoms with E-state index in [-0.39, 0.29) is 29.7 Å². The fourth-order valence-electron chi connectivity index (χ4n) is 1.99. The summed E-state index contributed by atoms with van der Waals surface area (Å²) in [5.41, 5.74) is 1.16. The second-order valence-electron chi connectivity index (χ2n) is 5.78. The van der Waals surface area contributed by atoms with Gasteiger partial charge in [-0.2, -0.15) is 0 Å². The molecule has 0 aromatic heterocycles. The van der Waals surface area contributed by atoms with Crippen LogP contribution in [0.5, 0.6) is 0 Å². The lowest BCUT2D eigenvalue weighted by atomic mass is 10.2. The van der Waals surface area contributed by atoms with Gasteiger partial charge in [-0.25, -0.2) is 13.1 Å². The first kappa shape index (κ1) is 25.1. The van der Waals surface area contributed by atoms with E-state index in [4.69, 9.17) is 4.74 Å². The smallest absolute Gasteiger partial charge is 0.211 e. The number of hydrogen-bond donors (Lipinski definition) is 3. The topological polar surface area (TPSA) is 91.8 Å². The molecule has 1 aromatic rings. The molecule has 0 radical (unpaired) electrons. The normalized spacial score (nSPS) is 13.0. The van der Waals surface area contributed by atoms with Crippen molar-refractivity contribution in [1.82, 2.24) is 15.4 Å². The Balaban J connectivity index is 0.00000625. The Morgan fingerprint density at radius 2 is 1.88 bits per heavy atom. The summed E-state index contributed by atoms with van der Waals surface area (Å²) in [6, 6.07) is 10.1. The molecule has 0 fully saturated rings. The molecule has 1 unspecified atom stereocenters. The highest BCUT2D eigenvalue weighted by Crippen LogP contribution is 2.02. The summed E-state index contributed by atoms with van der Waals surface area (Å²) in [5.74, 6) is 1.05. The van der Waals surface area contributed by atoms with Crippen molar-refractivity contribution in [1.29, 1.82) is 0 Å². The van der Waals surface area contributed by atoms with E-state index < -0.39 is 10.0 Å². The van der Waals surface area contributed by atoms with Crippen molar-refractivity contribution in [2.75, 3.05) is 39.0 Å². The van der Waals surface area contributed by atoms with Gasteiger partial charge in [0.25, 0.3) is 0 Å². The first-order valence-corrected chi connectivity index (χ1v) is 10.2. The molecule has 1 atom stereocenters. The maximum Gasteiger partial charge on any atom is 0.211 e. The number of aliphatic imine (C=N–C) groups is 1. The third kappa shape index (κ3) is 11.7. The lowest BCUT2D eigenvalue weighted by Crippen LogP contribution is -2.43. The Labute approximate surface area is 174 Å². The Morgan fingerprint density at radius 1 is 1.19 bits per heavy atom. The minimum absolute atomic E-state index is 0. The molecular weight excluding hydrogens is 467 g/mol. The molecule has 0 bridgehead atoms. The van der Waals surface area contributed by atoms with E-state index in [0.717, 1.165) is 12.1 Å². The molecule has 1 rings (SSSR count). The maximum atomic E-state index is 11.3. The third-order valence-corrected chi connectivity index (χ3v) is 4.88. The molecular formula is C17H31IN4O3S. The lowest BCUT2D eigenvalue weighted by Gasteiger charge is -2.16. The molecule has 0 aliphatic heterocycles. The maximum absolute atomic E-state index is 11.3. The fourth-order valence-corrected chi connectivity index (χ4v) is 2.61. The van der Waals surface area contributed by atoms with Crippen LogP contribution in [-0.4, -0.2) is 53.4 Å². The number of halogens is 1. The molecule has 0 saturated carbocycles. The van der Waals surface area contributed by atoms with Gasteiger partial charge in [0.1, 0.15) is 0 Å². The highest BCUT2D eigenvalue weighted by Gasteiger charge is 2.06. The first-order valence-electron chi connectivity index (χ1n) is 8.50. The SMILES string of the molecule is CCS(=O)(=O)NCCNC(=NC)NCC(C)COCc1ccccc1.I. The summed E-state index contributed by atoms with van der Waals surface area (Å²) in [4.78, 5) is 4.12. The van der Waals surface area contributed by atoms with Crippen LogP contribution in [0.4, 0.5) is 0 Å². The second kappa shape index (κ2) is 14.2. The number of nitrogens with one attached hydrogen (secondary N) is 3. The van der Waals surface area contributed by atoms with Crippen molar-refractivity contribution in [2.24, 2.45) is 10.9 Å². The summed E-state index contributed by atoms with van der Waals surface area (Å²) >= 11 is 0. The predicted octanol–water partition coefficient (Wildman–Crippen LogP) is 1.56. The van der Waals surface area contributed by atoms with E-state index in [1.165, 1.54) is 0 Å². The fraction of sp³-hybridized carbons (Fsp3) is 0.588. The molecule has 0 amide bonds. The predicted molar refractivity (Wildman–Crippen MR) is 118 cm³/mol. The summed E-state index contributed by atoms with van der Waals surface area (Å²) < 4.78 is 30.9. The largest absolute Gasteiger partial charge is 0.376 e. The van der Waals surface area contributed by atoms with E-state index >= 15 is 0 Å². The van der Waals surface area contributed by atoms with Crippen molar-refractivity contribution >= 4 is 40.0 Å². The van der Waals surface area contributed by atoms with Crippen LogP contribution in [0.3, 0.4) is 0 Å². The van der Waals surface area contributed by atoms with E-state index in [9.17, 15) is 8.42 Å². The Morgan fingerprint density at radius 3 is 2.50 bits per heavy atom.